The van der Waals surface area contributed by atoms with Gasteiger partial charge in [-0.25, -0.2) is 4.79 Å². The Morgan fingerprint density at radius 2 is 2.19 bits per heavy atom. The number of epoxide rings is 1. The van der Waals surface area contributed by atoms with E-state index in [1.807, 2.05) is 30.3 Å². The highest BCUT2D eigenvalue weighted by atomic mass is 16.7. The van der Waals surface area contributed by atoms with Crippen LogP contribution >= 0.6 is 0 Å². The van der Waals surface area contributed by atoms with Gasteiger partial charge in [0.05, 0.1) is 6.61 Å². The average Bonchev–Trinajstić information content (AvgIpc) is 3.14. The van der Waals surface area contributed by atoms with Crippen LogP contribution in [0.1, 0.15) is 5.56 Å². The molecule has 2 fully saturated rings. The van der Waals surface area contributed by atoms with E-state index in [1.165, 1.54) is 0 Å². The number of primary amides is 1. The molecule has 0 spiro atoms. The third kappa shape index (κ3) is 3.18. The Labute approximate surface area is 123 Å². The van der Waals surface area contributed by atoms with E-state index in [1.54, 1.807) is 7.11 Å². The first-order valence-corrected chi connectivity index (χ1v) is 6.99. The number of methoxy groups -OCH3 is 1. The normalized spacial score (nSPS) is 29.5. The molecule has 6 heteroatoms. The lowest BCUT2D eigenvalue weighted by molar-refractivity contribution is -0.112. The fourth-order valence-electron chi connectivity index (χ4n) is 2.88. The fraction of sp³-hybridized carbons (Fsp3) is 0.533. The average molecular weight is 293 g/mol. The summed E-state index contributed by atoms with van der Waals surface area (Å²) in [4.78, 5) is 11.2. The maximum absolute atomic E-state index is 11.2. The Morgan fingerprint density at radius 3 is 2.71 bits per heavy atom. The molecule has 1 aromatic carbocycles. The van der Waals surface area contributed by atoms with Crippen LogP contribution < -0.4 is 5.73 Å². The Morgan fingerprint density at radius 1 is 1.43 bits per heavy atom. The minimum Gasteiger partial charge on any atom is -0.443 e. The second-order valence-electron chi connectivity index (χ2n) is 5.30. The predicted molar refractivity (Wildman–Crippen MR) is 73.8 cm³/mol. The summed E-state index contributed by atoms with van der Waals surface area (Å²) in [6.45, 7) is 0.559. The minimum atomic E-state index is -0.816. The smallest absolute Gasteiger partial charge is 0.404 e. The number of hydrogen-bond acceptors (Lipinski definition) is 5. The van der Waals surface area contributed by atoms with Crippen molar-refractivity contribution in [1.29, 1.82) is 0 Å². The molecule has 2 aliphatic rings. The number of carbonyl (C=O) groups excluding carboxylic acids is 1. The molecule has 2 heterocycles. The highest BCUT2D eigenvalue weighted by Crippen LogP contribution is 2.37. The maximum atomic E-state index is 11.2. The molecule has 0 aliphatic carbocycles. The van der Waals surface area contributed by atoms with Gasteiger partial charge in [0.25, 0.3) is 0 Å². The third-order valence-electron chi connectivity index (χ3n) is 3.91. The Kier molecular flexibility index (Phi) is 4.10. The van der Waals surface area contributed by atoms with Gasteiger partial charge in [-0.3, -0.25) is 0 Å². The van der Waals surface area contributed by atoms with Crippen LogP contribution in [-0.4, -0.2) is 50.3 Å². The standard InChI is InChI=1S/C15H19NO5/c1-18-12(14-13-11(20-13)8-19-14)10(21-15(16)17)7-9-5-3-2-4-6-9/h2-6,10-14H,7-8H2,1H3,(H2,16,17)/t10-,11-,12?,13+,14-/m1/s1. The SMILES string of the molecule is COC([C@H]1OC[C@H]2O[C@H]12)[C@@H](Cc1ccccc1)OC(N)=O. The van der Waals surface area contributed by atoms with E-state index in [0.717, 1.165) is 5.56 Å². The molecule has 1 unspecified atom stereocenters. The first-order chi connectivity index (χ1) is 10.2. The zero-order valence-electron chi connectivity index (χ0n) is 11.8. The monoisotopic (exact) mass is 293 g/mol. The van der Waals surface area contributed by atoms with Crippen molar-refractivity contribution in [2.24, 2.45) is 5.73 Å². The van der Waals surface area contributed by atoms with E-state index in [0.29, 0.717) is 13.0 Å². The second-order valence-corrected chi connectivity index (χ2v) is 5.30. The van der Waals surface area contributed by atoms with Gasteiger partial charge < -0.3 is 24.7 Å². The number of ether oxygens (including phenoxy) is 4. The number of rotatable bonds is 6. The van der Waals surface area contributed by atoms with E-state index < -0.39 is 18.3 Å². The molecule has 2 N–H and O–H groups in total. The molecule has 0 saturated carbocycles. The van der Waals surface area contributed by atoms with Gasteiger partial charge in [0.15, 0.2) is 0 Å². The number of hydrogen-bond donors (Lipinski definition) is 1. The summed E-state index contributed by atoms with van der Waals surface area (Å²) in [5.41, 5.74) is 6.23. The third-order valence-corrected chi connectivity index (χ3v) is 3.91. The zero-order valence-corrected chi connectivity index (χ0v) is 11.8. The van der Waals surface area contributed by atoms with Crippen LogP contribution in [0, 0.1) is 0 Å². The van der Waals surface area contributed by atoms with Gasteiger partial charge in [-0.15, -0.1) is 0 Å². The molecule has 114 valence electrons. The summed E-state index contributed by atoms with van der Waals surface area (Å²) in [7, 11) is 1.58. The molecule has 2 aliphatic heterocycles. The first-order valence-electron chi connectivity index (χ1n) is 6.99. The van der Waals surface area contributed by atoms with Crippen molar-refractivity contribution in [2.45, 2.75) is 36.9 Å². The highest BCUT2D eigenvalue weighted by molar-refractivity contribution is 5.64. The van der Waals surface area contributed by atoms with Crippen molar-refractivity contribution < 1.29 is 23.7 Å². The van der Waals surface area contributed by atoms with Crippen LogP contribution in [0.4, 0.5) is 4.79 Å². The largest absolute Gasteiger partial charge is 0.443 e. The summed E-state index contributed by atoms with van der Waals surface area (Å²) in [5, 5.41) is 0. The molecule has 21 heavy (non-hydrogen) atoms. The fourth-order valence-corrected chi connectivity index (χ4v) is 2.88. The van der Waals surface area contributed by atoms with Crippen molar-refractivity contribution >= 4 is 6.09 Å². The molecule has 0 radical (unpaired) electrons. The number of amides is 1. The summed E-state index contributed by atoms with van der Waals surface area (Å²) in [6.07, 6.45) is -1.27. The Hall–Kier alpha value is -1.63. The lowest BCUT2D eigenvalue weighted by Gasteiger charge is -2.29. The van der Waals surface area contributed by atoms with Crippen molar-refractivity contribution in [1.82, 2.24) is 0 Å². The number of nitrogens with two attached hydrogens (primary N) is 1. The minimum absolute atomic E-state index is 0.0321. The molecule has 5 atom stereocenters. The summed E-state index contributed by atoms with van der Waals surface area (Å²) < 4.78 is 22.0. The molecule has 6 nitrogen and oxygen atoms in total. The molecule has 2 saturated heterocycles. The zero-order chi connectivity index (χ0) is 14.8. The molecule has 3 rings (SSSR count). The molecule has 0 bridgehead atoms. The highest BCUT2D eigenvalue weighted by Gasteiger charge is 2.56. The molecular formula is C15H19NO5. The van der Waals surface area contributed by atoms with Gasteiger partial charge in [-0.2, -0.15) is 0 Å². The quantitative estimate of drug-likeness (QED) is 0.787. The Bertz CT molecular complexity index is 494. The van der Waals surface area contributed by atoms with E-state index in [2.05, 4.69) is 0 Å². The number of carbonyl (C=O) groups is 1. The van der Waals surface area contributed by atoms with Crippen molar-refractivity contribution in [3.63, 3.8) is 0 Å². The van der Waals surface area contributed by atoms with Crippen LogP contribution in [0.25, 0.3) is 0 Å². The second kappa shape index (κ2) is 6.01. The summed E-state index contributed by atoms with van der Waals surface area (Å²) in [5.74, 6) is 0. The van der Waals surface area contributed by atoms with E-state index in [9.17, 15) is 4.79 Å². The Balaban J connectivity index is 1.74. The number of fused-ring (bicyclic) bond motifs is 1. The lowest BCUT2D eigenvalue weighted by atomic mass is 9.98. The van der Waals surface area contributed by atoms with E-state index in [-0.39, 0.29) is 18.3 Å². The number of benzene rings is 1. The molecule has 0 aromatic heterocycles. The van der Waals surface area contributed by atoms with Gasteiger partial charge in [0.2, 0.25) is 0 Å². The predicted octanol–water partition coefficient (Wildman–Crippen LogP) is 0.874. The van der Waals surface area contributed by atoms with Crippen molar-refractivity contribution in [2.75, 3.05) is 13.7 Å². The molecular weight excluding hydrogens is 274 g/mol. The van der Waals surface area contributed by atoms with Crippen LogP contribution in [0.15, 0.2) is 30.3 Å². The van der Waals surface area contributed by atoms with E-state index >= 15 is 0 Å². The van der Waals surface area contributed by atoms with Gasteiger partial charge in [-0.1, -0.05) is 30.3 Å². The molecule has 1 amide bonds. The van der Waals surface area contributed by atoms with Gasteiger partial charge in [0.1, 0.15) is 30.5 Å². The molecule has 1 aromatic rings. The van der Waals surface area contributed by atoms with Crippen LogP contribution in [-0.2, 0) is 25.4 Å². The van der Waals surface area contributed by atoms with Gasteiger partial charge in [-0.05, 0) is 5.56 Å². The van der Waals surface area contributed by atoms with Crippen molar-refractivity contribution in [3.8, 4) is 0 Å². The summed E-state index contributed by atoms with van der Waals surface area (Å²) >= 11 is 0. The maximum Gasteiger partial charge on any atom is 0.404 e. The van der Waals surface area contributed by atoms with Crippen molar-refractivity contribution in [3.05, 3.63) is 35.9 Å². The van der Waals surface area contributed by atoms with Crippen LogP contribution in [0.2, 0.25) is 0 Å². The van der Waals surface area contributed by atoms with Crippen LogP contribution in [0.5, 0.6) is 0 Å². The van der Waals surface area contributed by atoms with Gasteiger partial charge in [0, 0.05) is 13.5 Å². The summed E-state index contributed by atoms with van der Waals surface area (Å²) in [6, 6.07) is 9.74. The topological polar surface area (TPSA) is 83.3 Å². The lowest BCUT2D eigenvalue weighted by Crippen LogP contribution is -2.46. The first kappa shape index (κ1) is 14.3. The van der Waals surface area contributed by atoms with Crippen LogP contribution in [0.3, 0.4) is 0 Å². The van der Waals surface area contributed by atoms with Gasteiger partial charge >= 0.3 is 6.09 Å². The van der Waals surface area contributed by atoms with E-state index in [4.69, 9.17) is 24.7 Å².